The second-order valence-corrected chi connectivity index (χ2v) is 5.23. The fourth-order valence-corrected chi connectivity index (χ4v) is 2.65. The van der Waals surface area contributed by atoms with Crippen molar-refractivity contribution in [2.24, 2.45) is 0 Å². The lowest BCUT2D eigenvalue weighted by molar-refractivity contribution is -0.0498. The number of anilines is 1. The molecule has 0 fully saturated rings. The Kier molecular flexibility index (Phi) is 4.79. The van der Waals surface area contributed by atoms with E-state index >= 15 is 0 Å². The zero-order chi connectivity index (χ0) is 16.9. The zero-order valence-electron chi connectivity index (χ0n) is 13.1. The van der Waals surface area contributed by atoms with Gasteiger partial charge in [-0.25, -0.2) is 0 Å². The highest BCUT2D eigenvalue weighted by Gasteiger charge is 2.07. The number of halogens is 2. The van der Waals surface area contributed by atoms with Crippen molar-refractivity contribution < 1.29 is 18.3 Å². The number of fused-ring (bicyclic) bond motifs is 1. The molecule has 3 aromatic carbocycles. The van der Waals surface area contributed by atoms with Gasteiger partial charge in [0, 0.05) is 23.7 Å². The predicted octanol–water partition coefficient (Wildman–Crippen LogP) is 5.06. The molecule has 0 unspecified atom stereocenters. The smallest absolute Gasteiger partial charge is 0.387 e. The van der Waals surface area contributed by atoms with Crippen molar-refractivity contribution in [1.29, 1.82) is 0 Å². The van der Waals surface area contributed by atoms with Crippen LogP contribution >= 0.6 is 0 Å². The highest BCUT2D eigenvalue weighted by molar-refractivity contribution is 5.91. The van der Waals surface area contributed by atoms with Crippen LogP contribution in [0, 0.1) is 0 Å². The monoisotopic (exact) mass is 329 g/mol. The van der Waals surface area contributed by atoms with Gasteiger partial charge in [0.1, 0.15) is 11.5 Å². The molecule has 3 nitrogen and oxygen atoms in total. The molecule has 0 atom stereocenters. The number of hydrogen-bond acceptors (Lipinski definition) is 3. The molecular formula is C19H17F2NO2. The van der Waals surface area contributed by atoms with Crippen LogP contribution < -0.4 is 14.8 Å². The van der Waals surface area contributed by atoms with Crippen molar-refractivity contribution in [1.82, 2.24) is 0 Å². The van der Waals surface area contributed by atoms with Crippen LogP contribution in [0.3, 0.4) is 0 Å². The lowest BCUT2D eigenvalue weighted by Crippen LogP contribution is -2.04. The van der Waals surface area contributed by atoms with Crippen LogP contribution in [0.25, 0.3) is 10.8 Å². The van der Waals surface area contributed by atoms with Crippen molar-refractivity contribution >= 4 is 16.5 Å². The van der Waals surface area contributed by atoms with Gasteiger partial charge in [0.05, 0.1) is 7.11 Å². The quantitative estimate of drug-likeness (QED) is 0.685. The second kappa shape index (κ2) is 7.17. The maximum atomic E-state index is 12.3. The first-order valence-electron chi connectivity index (χ1n) is 7.51. The minimum absolute atomic E-state index is 0.134. The molecule has 0 aliphatic heterocycles. The lowest BCUT2D eigenvalue weighted by atomic mass is 10.0. The lowest BCUT2D eigenvalue weighted by Gasteiger charge is -2.13. The molecule has 3 aromatic rings. The third-order valence-corrected chi connectivity index (χ3v) is 3.74. The van der Waals surface area contributed by atoms with Gasteiger partial charge >= 0.3 is 6.61 Å². The molecule has 0 aliphatic carbocycles. The maximum Gasteiger partial charge on any atom is 0.387 e. The summed E-state index contributed by atoms with van der Waals surface area (Å²) in [4.78, 5) is 0. The zero-order valence-corrected chi connectivity index (χ0v) is 13.1. The summed E-state index contributed by atoms with van der Waals surface area (Å²) in [5.74, 6) is 0.955. The van der Waals surface area contributed by atoms with Gasteiger partial charge in [-0.15, -0.1) is 0 Å². The number of benzene rings is 3. The molecule has 0 saturated heterocycles. The molecule has 5 heteroatoms. The van der Waals surface area contributed by atoms with E-state index in [1.54, 1.807) is 19.2 Å². The van der Waals surface area contributed by atoms with Crippen molar-refractivity contribution in [3.63, 3.8) is 0 Å². The van der Waals surface area contributed by atoms with Crippen molar-refractivity contribution in [3.05, 3.63) is 66.2 Å². The van der Waals surface area contributed by atoms with Gasteiger partial charge in [0.15, 0.2) is 0 Å². The molecule has 24 heavy (non-hydrogen) atoms. The Labute approximate surface area is 138 Å². The minimum atomic E-state index is -2.83. The molecular weight excluding hydrogens is 312 g/mol. The third kappa shape index (κ3) is 3.56. The number of hydrogen-bond donors (Lipinski definition) is 1. The van der Waals surface area contributed by atoms with Crippen LogP contribution in [-0.2, 0) is 6.54 Å². The van der Waals surface area contributed by atoms with E-state index in [2.05, 4.69) is 10.1 Å². The Hall–Kier alpha value is -2.82. The van der Waals surface area contributed by atoms with E-state index in [0.29, 0.717) is 12.2 Å². The van der Waals surface area contributed by atoms with Gasteiger partial charge in [0.2, 0.25) is 0 Å². The van der Waals surface area contributed by atoms with Crippen molar-refractivity contribution in [3.8, 4) is 11.5 Å². The molecule has 0 aliphatic rings. The van der Waals surface area contributed by atoms with Crippen LogP contribution in [-0.4, -0.2) is 13.7 Å². The first kappa shape index (κ1) is 16.1. The molecule has 0 heterocycles. The molecule has 0 aromatic heterocycles. The Morgan fingerprint density at radius 3 is 2.50 bits per heavy atom. The Bertz CT molecular complexity index is 836. The van der Waals surface area contributed by atoms with E-state index in [1.165, 1.54) is 6.07 Å². The normalized spacial score (nSPS) is 10.8. The molecule has 0 radical (unpaired) electrons. The van der Waals surface area contributed by atoms with Crippen molar-refractivity contribution in [2.75, 3.05) is 12.4 Å². The number of rotatable bonds is 6. The van der Waals surface area contributed by atoms with Gasteiger partial charge < -0.3 is 14.8 Å². The second-order valence-electron chi connectivity index (χ2n) is 5.23. The maximum absolute atomic E-state index is 12.3. The van der Waals surface area contributed by atoms with Crippen molar-refractivity contribution in [2.45, 2.75) is 13.2 Å². The van der Waals surface area contributed by atoms with Crippen LogP contribution in [0.2, 0.25) is 0 Å². The van der Waals surface area contributed by atoms with Gasteiger partial charge in [-0.05, 0) is 29.1 Å². The highest BCUT2D eigenvalue weighted by atomic mass is 19.3. The summed E-state index contributed by atoms with van der Waals surface area (Å²) >= 11 is 0. The van der Waals surface area contributed by atoms with E-state index in [0.717, 1.165) is 22.1 Å². The molecule has 1 N–H and O–H groups in total. The van der Waals surface area contributed by atoms with Crippen LogP contribution in [0.1, 0.15) is 5.56 Å². The standard InChI is InChI=1S/C19H17F2NO2/c1-23-18-10-9-13(16-7-2-3-8-17(16)18)12-22-14-5-4-6-15(11-14)24-19(20)21/h2-11,19,22H,12H2,1H3. The fourth-order valence-electron chi connectivity index (χ4n) is 2.65. The van der Waals surface area contributed by atoms with E-state index < -0.39 is 6.61 Å². The summed E-state index contributed by atoms with van der Waals surface area (Å²) in [6.45, 7) is -2.27. The first-order chi connectivity index (χ1) is 11.7. The van der Waals surface area contributed by atoms with Crippen LogP contribution in [0.5, 0.6) is 11.5 Å². The fraction of sp³-hybridized carbons (Fsp3) is 0.158. The predicted molar refractivity (Wildman–Crippen MR) is 90.9 cm³/mol. The molecule has 0 spiro atoms. The topological polar surface area (TPSA) is 30.5 Å². The highest BCUT2D eigenvalue weighted by Crippen LogP contribution is 2.29. The van der Waals surface area contributed by atoms with Crippen LogP contribution in [0.4, 0.5) is 14.5 Å². The molecule has 0 amide bonds. The number of methoxy groups -OCH3 is 1. The minimum Gasteiger partial charge on any atom is -0.496 e. The molecule has 0 bridgehead atoms. The Morgan fingerprint density at radius 2 is 1.75 bits per heavy atom. The average molecular weight is 329 g/mol. The summed E-state index contributed by atoms with van der Waals surface area (Å²) in [6, 6.07) is 18.4. The summed E-state index contributed by atoms with van der Waals surface area (Å²) in [6.07, 6.45) is 0. The summed E-state index contributed by atoms with van der Waals surface area (Å²) < 4.78 is 34.4. The van der Waals surface area contributed by atoms with E-state index in [-0.39, 0.29) is 5.75 Å². The summed E-state index contributed by atoms with van der Waals surface area (Å²) in [5, 5.41) is 5.36. The van der Waals surface area contributed by atoms with Gasteiger partial charge in [-0.1, -0.05) is 36.4 Å². The van der Waals surface area contributed by atoms with Gasteiger partial charge in [0.25, 0.3) is 0 Å². The average Bonchev–Trinajstić information content (AvgIpc) is 2.59. The van der Waals surface area contributed by atoms with Gasteiger partial charge in [-0.3, -0.25) is 0 Å². The Morgan fingerprint density at radius 1 is 0.958 bits per heavy atom. The number of alkyl halides is 2. The van der Waals surface area contributed by atoms with E-state index in [9.17, 15) is 8.78 Å². The third-order valence-electron chi connectivity index (χ3n) is 3.74. The summed E-state index contributed by atoms with van der Waals surface area (Å²) in [7, 11) is 1.65. The largest absolute Gasteiger partial charge is 0.496 e. The number of ether oxygens (including phenoxy) is 2. The van der Waals surface area contributed by atoms with Crippen LogP contribution in [0.15, 0.2) is 60.7 Å². The SMILES string of the molecule is COc1ccc(CNc2cccc(OC(F)F)c2)c2ccccc12. The molecule has 0 saturated carbocycles. The van der Waals surface area contributed by atoms with E-state index in [1.807, 2.05) is 42.5 Å². The first-order valence-corrected chi connectivity index (χ1v) is 7.51. The summed E-state index contributed by atoms with van der Waals surface area (Å²) in [5.41, 5.74) is 1.81. The Balaban J connectivity index is 1.81. The van der Waals surface area contributed by atoms with Gasteiger partial charge in [-0.2, -0.15) is 8.78 Å². The van der Waals surface area contributed by atoms with E-state index in [4.69, 9.17) is 4.74 Å². The molecule has 124 valence electrons. The molecule has 3 rings (SSSR count). The number of nitrogens with one attached hydrogen (secondary N) is 1.